The Labute approximate surface area is 167 Å². The number of hydrogen-bond donors (Lipinski definition) is 3. The topological polar surface area (TPSA) is 96.2 Å². The summed E-state index contributed by atoms with van der Waals surface area (Å²) in [6.07, 6.45) is 2.36. The summed E-state index contributed by atoms with van der Waals surface area (Å²) in [6, 6.07) is 15.0. The van der Waals surface area contributed by atoms with E-state index in [0.29, 0.717) is 27.9 Å². The Hall–Kier alpha value is -3.32. The fraction of sp³-hybridized carbons (Fsp3) is 0.150. The maximum atomic E-state index is 12.3. The van der Waals surface area contributed by atoms with Crippen molar-refractivity contribution in [3.8, 4) is 0 Å². The van der Waals surface area contributed by atoms with Gasteiger partial charge in [0.2, 0.25) is 0 Å². The number of fused-ring (bicyclic) bond motifs is 1. The van der Waals surface area contributed by atoms with Crippen LogP contribution in [-0.2, 0) is 13.0 Å². The lowest BCUT2D eigenvalue weighted by molar-refractivity contribution is 0.0962. The van der Waals surface area contributed by atoms with E-state index in [0.717, 1.165) is 19.5 Å². The van der Waals surface area contributed by atoms with Gasteiger partial charge in [-0.15, -0.1) is 0 Å². The summed E-state index contributed by atoms with van der Waals surface area (Å²) in [5.74, 6) is 0.650. The molecule has 28 heavy (non-hydrogen) atoms. The fourth-order valence-electron chi connectivity index (χ4n) is 3.23. The molecule has 3 aromatic rings. The first-order valence-corrected chi connectivity index (χ1v) is 9.24. The van der Waals surface area contributed by atoms with Crippen LogP contribution in [0.15, 0.2) is 54.9 Å². The van der Waals surface area contributed by atoms with Crippen molar-refractivity contribution in [2.24, 2.45) is 0 Å². The number of benzene rings is 2. The SMILES string of the molecule is Nc1c(NNC(=O)c2cccc(Cl)c2)ncnc1N1CCc2ccccc2C1. The van der Waals surface area contributed by atoms with Gasteiger partial charge in [-0.05, 0) is 35.7 Å². The Kier molecular flexibility index (Phi) is 4.99. The van der Waals surface area contributed by atoms with Crippen LogP contribution in [0, 0.1) is 0 Å². The lowest BCUT2D eigenvalue weighted by Crippen LogP contribution is -2.33. The predicted octanol–water partition coefficient (Wildman–Crippen LogP) is 3.03. The van der Waals surface area contributed by atoms with E-state index in [9.17, 15) is 4.79 Å². The molecule has 0 unspecified atom stereocenters. The van der Waals surface area contributed by atoms with E-state index in [4.69, 9.17) is 17.3 Å². The largest absolute Gasteiger partial charge is 0.393 e. The van der Waals surface area contributed by atoms with Crippen LogP contribution >= 0.6 is 11.6 Å². The maximum absolute atomic E-state index is 12.3. The molecule has 0 saturated heterocycles. The van der Waals surface area contributed by atoms with Crippen LogP contribution in [0.1, 0.15) is 21.5 Å². The number of carbonyl (C=O) groups is 1. The zero-order valence-corrected chi connectivity index (χ0v) is 15.8. The van der Waals surface area contributed by atoms with Gasteiger partial charge >= 0.3 is 0 Å². The first kappa shape index (κ1) is 18.1. The molecule has 1 aromatic heterocycles. The van der Waals surface area contributed by atoms with Crippen molar-refractivity contribution in [1.29, 1.82) is 0 Å². The molecule has 0 spiro atoms. The van der Waals surface area contributed by atoms with Crippen molar-refractivity contribution in [2.45, 2.75) is 13.0 Å². The van der Waals surface area contributed by atoms with E-state index in [2.05, 4.69) is 43.9 Å². The number of nitrogen functional groups attached to an aromatic ring is 1. The normalized spacial score (nSPS) is 13.0. The highest BCUT2D eigenvalue weighted by Gasteiger charge is 2.20. The van der Waals surface area contributed by atoms with Gasteiger partial charge in [0, 0.05) is 23.7 Å². The van der Waals surface area contributed by atoms with E-state index >= 15 is 0 Å². The average molecular weight is 395 g/mol. The molecule has 4 rings (SSSR count). The van der Waals surface area contributed by atoms with Gasteiger partial charge in [0.15, 0.2) is 11.6 Å². The van der Waals surface area contributed by atoms with E-state index in [1.807, 2.05) is 6.07 Å². The minimum absolute atomic E-state index is 0.339. The van der Waals surface area contributed by atoms with Gasteiger partial charge < -0.3 is 10.6 Å². The minimum atomic E-state index is -0.339. The lowest BCUT2D eigenvalue weighted by atomic mass is 10.00. The molecule has 0 bridgehead atoms. The Morgan fingerprint density at radius 1 is 1.11 bits per heavy atom. The third kappa shape index (κ3) is 3.70. The molecule has 8 heteroatoms. The van der Waals surface area contributed by atoms with Gasteiger partial charge in [-0.2, -0.15) is 0 Å². The van der Waals surface area contributed by atoms with E-state index < -0.39 is 0 Å². The molecule has 2 aromatic carbocycles. The average Bonchev–Trinajstić information content (AvgIpc) is 2.72. The van der Waals surface area contributed by atoms with Crippen molar-refractivity contribution >= 4 is 34.8 Å². The Morgan fingerprint density at radius 2 is 1.93 bits per heavy atom. The van der Waals surface area contributed by atoms with Gasteiger partial charge in [-0.3, -0.25) is 15.6 Å². The van der Waals surface area contributed by atoms with Gasteiger partial charge in [-0.1, -0.05) is 41.9 Å². The van der Waals surface area contributed by atoms with E-state index in [-0.39, 0.29) is 5.91 Å². The number of aromatic nitrogens is 2. The van der Waals surface area contributed by atoms with E-state index in [1.54, 1.807) is 24.3 Å². The van der Waals surface area contributed by atoms with E-state index in [1.165, 1.54) is 17.5 Å². The first-order chi connectivity index (χ1) is 13.6. The molecule has 0 atom stereocenters. The van der Waals surface area contributed by atoms with Crippen LogP contribution in [0.4, 0.5) is 17.3 Å². The molecule has 1 amide bonds. The number of nitrogens with two attached hydrogens (primary N) is 1. The highest BCUT2D eigenvalue weighted by atomic mass is 35.5. The number of rotatable bonds is 4. The molecule has 0 saturated carbocycles. The summed E-state index contributed by atoms with van der Waals surface area (Å²) in [5.41, 5.74) is 15.1. The van der Waals surface area contributed by atoms with Crippen LogP contribution in [0.3, 0.4) is 0 Å². The van der Waals surface area contributed by atoms with Crippen molar-refractivity contribution < 1.29 is 4.79 Å². The van der Waals surface area contributed by atoms with Gasteiger partial charge in [-0.25, -0.2) is 9.97 Å². The second-order valence-electron chi connectivity index (χ2n) is 6.49. The van der Waals surface area contributed by atoms with Crippen molar-refractivity contribution in [2.75, 3.05) is 22.6 Å². The summed E-state index contributed by atoms with van der Waals surface area (Å²) in [4.78, 5) is 22.9. The second kappa shape index (κ2) is 7.74. The molecule has 142 valence electrons. The molecular formula is C20H19ClN6O. The highest BCUT2D eigenvalue weighted by Crippen LogP contribution is 2.30. The molecule has 0 aliphatic carbocycles. The highest BCUT2D eigenvalue weighted by molar-refractivity contribution is 6.30. The minimum Gasteiger partial charge on any atom is -0.393 e. The third-order valence-corrected chi connectivity index (χ3v) is 4.91. The number of anilines is 3. The summed E-state index contributed by atoms with van der Waals surface area (Å²) < 4.78 is 0. The molecular weight excluding hydrogens is 376 g/mol. The molecule has 7 nitrogen and oxygen atoms in total. The summed E-state index contributed by atoms with van der Waals surface area (Å²) in [5, 5.41) is 0.488. The number of amides is 1. The summed E-state index contributed by atoms with van der Waals surface area (Å²) >= 11 is 5.93. The number of nitrogens with one attached hydrogen (secondary N) is 2. The molecule has 0 radical (unpaired) electrons. The van der Waals surface area contributed by atoms with Gasteiger partial charge in [0.05, 0.1) is 0 Å². The molecule has 2 heterocycles. The zero-order valence-electron chi connectivity index (χ0n) is 15.0. The Bertz CT molecular complexity index is 1030. The Balaban J connectivity index is 1.49. The zero-order chi connectivity index (χ0) is 19.5. The fourth-order valence-corrected chi connectivity index (χ4v) is 3.42. The van der Waals surface area contributed by atoms with Crippen molar-refractivity contribution in [3.05, 3.63) is 76.6 Å². The van der Waals surface area contributed by atoms with Crippen molar-refractivity contribution in [1.82, 2.24) is 15.4 Å². The van der Waals surface area contributed by atoms with Gasteiger partial charge in [0.1, 0.15) is 12.0 Å². The molecule has 0 fully saturated rings. The van der Waals surface area contributed by atoms with Crippen LogP contribution in [0.5, 0.6) is 0 Å². The maximum Gasteiger partial charge on any atom is 0.269 e. The quantitative estimate of drug-likeness (QED) is 0.588. The number of carbonyl (C=O) groups excluding carboxylic acids is 1. The van der Waals surface area contributed by atoms with Crippen LogP contribution in [0.2, 0.25) is 5.02 Å². The third-order valence-electron chi connectivity index (χ3n) is 4.67. The first-order valence-electron chi connectivity index (χ1n) is 8.86. The van der Waals surface area contributed by atoms with Crippen molar-refractivity contribution in [3.63, 3.8) is 0 Å². The van der Waals surface area contributed by atoms with Crippen LogP contribution in [-0.4, -0.2) is 22.4 Å². The lowest BCUT2D eigenvalue weighted by Gasteiger charge is -2.30. The molecule has 1 aliphatic rings. The monoisotopic (exact) mass is 394 g/mol. The summed E-state index contributed by atoms with van der Waals surface area (Å²) in [6.45, 7) is 1.54. The number of halogens is 1. The molecule has 4 N–H and O–H groups in total. The van der Waals surface area contributed by atoms with Gasteiger partial charge in [0.25, 0.3) is 5.91 Å². The number of hydrogen-bond acceptors (Lipinski definition) is 6. The Morgan fingerprint density at radius 3 is 2.75 bits per heavy atom. The van der Waals surface area contributed by atoms with Crippen LogP contribution < -0.4 is 21.5 Å². The standard InChI is InChI=1S/C20H19ClN6O/c21-16-7-3-6-14(10-16)20(28)26-25-18-17(22)19(24-12-23-18)27-9-8-13-4-1-2-5-15(13)11-27/h1-7,10,12H,8-9,11,22H2,(H,26,28)(H,23,24,25). The second-order valence-corrected chi connectivity index (χ2v) is 6.93. The molecule has 1 aliphatic heterocycles. The number of nitrogens with zero attached hydrogens (tertiary/aromatic N) is 3. The smallest absolute Gasteiger partial charge is 0.269 e. The summed E-state index contributed by atoms with van der Waals surface area (Å²) in [7, 11) is 0. The number of hydrazine groups is 1. The van der Waals surface area contributed by atoms with Crippen LogP contribution in [0.25, 0.3) is 0 Å². The predicted molar refractivity (Wildman–Crippen MR) is 110 cm³/mol.